The van der Waals surface area contributed by atoms with E-state index in [1.807, 2.05) is 30.3 Å². The summed E-state index contributed by atoms with van der Waals surface area (Å²) in [4.78, 5) is 0. The first kappa shape index (κ1) is 16.9. The molecule has 0 radical (unpaired) electrons. The van der Waals surface area contributed by atoms with Crippen LogP contribution in [0.25, 0.3) is 0 Å². The number of hydrogen-bond acceptors (Lipinski definition) is 3. The van der Waals surface area contributed by atoms with Crippen LogP contribution in [0.3, 0.4) is 0 Å². The van der Waals surface area contributed by atoms with Crippen molar-refractivity contribution < 1.29 is 25.8 Å². The summed E-state index contributed by atoms with van der Waals surface area (Å²) in [6.45, 7) is 0. The summed E-state index contributed by atoms with van der Waals surface area (Å²) < 4.78 is 62.4. The lowest BCUT2D eigenvalue weighted by Gasteiger charge is -2.07. The third-order valence-corrected chi connectivity index (χ3v) is 2.53. The molecule has 0 N–H and O–H groups in total. The fourth-order valence-electron chi connectivity index (χ4n) is 1.64. The van der Waals surface area contributed by atoms with Gasteiger partial charge in [-0.05, 0) is 29.7 Å². The Morgan fingerprint density at radius 3 is 1.62 bits per heavy atom. The molecule has 0 aliphatic heterocycles. The molecular weight excluding hydrogens is 305 g/mol. The van der Waals surface area contributed by atoms with Crippen LogP contribution >= 0.6 is 0 Å². The van der Waals surface area contributed by atoms with Crippen LogP contribution in [-0.4, -0.2) is 12.6 Å². The van der Waals surface area contributed by atoms with Gasteiger partial charge in [-0.3, -0.25) is 0 Å². The number of hydrogen-bond donors (Lipinski definition) is 0. The molecule has 0 fully saturated rings. The lowest BCUT2D eigenvalue weighted by Crippen LogP contribution is -2.04. The molecule has 0 amide bonds. The first-order valence-electron chi connectivity index (χ1n) is 5.76. The van der Waals surface area contributed by atoms with Gasteiger partial charge in [-0.25, -0.2) is 0 Å². The van der Waals surface area contributed by atoms with Crippen molar-refractivity contribution in [1.82, 2.24) is 0 Å². The first-order chi connectivity index (χ1) is 9.79. The summed E-state index contributed by atoms with van der Waals surface area (Å²) in [5.74, 6) is 0. The Morgan fingerprint density at radius 1 is 0.762 bits per heavy atom. The Morgan fingerprint density at radius 2 is 1.19 bits per heavy atom. The second-order valence-electron chi connectivity index (χ2n) is 4.06. The molecule has 0 bridgehead atoms. The second-order valence-corrected chi connectivity index (χ2v) is 4.47. The average Bonchev–Trinajstić information content (AvgIpc) is 2.39. The van der Waals surface area contributed by atoms with Crippen molar-refractivity contribution in [3.63, 3.8) is 0 Å². The minimum atomic E-state index is -4.26. The van der Waals surface area contributed by atoms with Crippen LogP contribution in [0.5, 0.6) is 0 Å². The minimum absolute atomic E-state index is 0.602. The molecule has 0 unspecified atom stereocenters. The predicted molar refractivity (Wildman–Crippen MR) is 70.4 cm³/mol. The summed E-state index contributed by atoms with van der Waals surface area (Å²) in [6.07, 6.45) is -3.61. The zero-order chi connectivity index (χ0) is 15.9. The summed E-state index contributed by atoms with van der Waals surface area (Å²) in [5, 5.41) is 0. The molecular formula is C14H11F3O3S. The van der Waals surface area contributed by atoms with E-state index in [0.717, 1.165) is 23.3 Å². The number of rotatable bonds is 2. The first-order valence-corrected chi connectivity index (χ1v) is 6.76. The molecule has 0 heterocycles. The van der Waals surface area contributed by atoms with E-state index < -0.39 is 22.3 Å². The van der Waals surface area contributed by atoms with E-state index >= 15 is 0 Å². The molecule has 0 atom stereocenters. The highest BCUT2D eigenvalue weighted by atomic mass is 32.2. The Bertz CT molecular complexity index is 656. The maximum atomic E-state index is 12.3. The topological polar surface area (TPSA) is 51.2 Å². The molecule has 0 aliphatic rings. The maximum absolute atomic E-state index is 12.3. The van der Waals surface area contributed by atoms with Gasteiger partial charge in [-0.15, -0.1) is 12.6 Å². The summed E-state index contributed by atoms with van der Waals surface area (Å²) in [5.41, 5.74) is 1.37. The van der Waals surface area contributed by atoms with E-state index in [0.29, 0.717) is 6.42 Å². The smallest absolute Gasteiger partial charge is 0.166 e. The van der Waals surface area contributed by atoms with Crippen molar-refractivity contribution in [2.75, 3.05) is 0 Å². The Kier molecular flexibility index (Phi) is 6.10. The molecule has 7 heteroatoms. The van der Waals surface area contributed by atoms with Gasteiger partial charge in [0, 0.05) is 0 Å². The molecule has 112 valence electrons. The number of halogens is 3. The van der Waals surface area contributed by atoms with Crippen molar-refractivity contribution in [3.05, 3.63) is 71.3 Å². The van der Waals surface area contributed by atoms with Gasteiger partial charge in [-0.1, -0.05) is 42.5 Å². The number of alkyl halides is 3. The van der Waals surface area contributed by atoms with Crippen molar-refractivity contribution >= 4 is 10.6 Å². The van der Waals surface area contributed by atoms with Crippen LogP contribution in [0.15, 0.2) is 54.6 Å². The van der Waals surface area contributed by atoms with E-state index in [2.05, 4.69) is 0 Å². The number of benzene rings is 2. The quantitative estimate of drug-likeness (QED) is 0.854. The van der Waals surface area contributed by atoms with Crippen LogP contribution in [0.1, 0.15) is 16.7 Å². The highest BCUT2D eigenvalue weighted by molar-refractivity contribution is 7.59. The predicted octanol–water partition coefficient (Wildman–Crippen LogP) is 3.29. The van der Waals surface area contributed by atoms with Crippen LogP contribution in [0.4, 0.5) is 13.2 Å². The average molecular weight is 316 g/mol. The third-order valence-electron chi connectivity index (χ3n) is 2.53. The molecule has 0 saturated carbocycles. The summed E-state index contributed by atoms with van der Waals surface area (Å²) in [6, 6.07) is 15.0. The van der Waals surface area contributed by atoms with Crippen LogP contribution < -0.4 is 0 Å². The molecule has 2 aromatic carbocycles. The molecule has 2 rings (SSSR count). The van der Waals surface area contributed by atoms with Gasteiger partial charge in [0.1, 0.15) is 0 Å². The van der Waals surface area contributed by atoms with Crippen molar-refractivity contribution in [2.45, 2.75) is 12.6 Å². The van der Waals surface area contributed by atoms with Crippen molar-refractivity contribution in [3.8, 4) is 0 Å². The standard InChI is InChI=1S/C14H11F3.O3S/c15-14(16,17)13-8-6-12(7-9-13)10-11-4-2-1-3-5-11;1-4(2)3/h1-9H,10H2;. The van der Waals surface area contributed by atoms with Crippen molar-refractivity contribution in [2.24, 2.45) is 0 Å². The van der Waals surface area contributed by atoms with Gasteiger partial charge in [0.25, 0.3) is 0 Å². The lowest BCUT2D eigenvalue weighted by atomic mass is 10.0. The Hall–Kier alpha value is -2.15. The normalized spacial score (nSPS) is 10.4. The zero-order valence-corrected chi connectivity index (χ0v) is 11.5. The van der Waals surface area contributed by atoms with Gasteiger partial charge in [0.2, 0.25) is 0 Å². The van der Waals surface area contributed by atoms with E-state index in [1.165, 1.54) is 12.1 Å². The zero-order valence-electron chi connectivity index (χ0n) is 10.7. The molecule has 0 spiro atoms. The van der Waals surface area contributed by atoms with Crippen LogP contribution in [0, 0.1) is 0 Å². The van der Waals surface area contributed by atoms with E-state index in [-0.39, 0.29) is 0 Å². The van der Waals surface area contributed by atoms with E-state index in [4.69, 9.17) is 12.6 Å². The van der Waals surface area contributed by atoms with Gasteiger partial charge in [-0.2, -0.15) is 13.2 Å². The molecule has 0 saturated heterocycles. The van der Waals surface area contributed by atoms with Gasteiger partial charge < -0.3 is 0 Å². The fourth-order valence-corrected chi connectivity index (χ4v) is 1.64. The van der Waals surface area contributed by atoms with E-state index in [1.54, 1.807) is 0 Å². The molecule has 0 aliphatic carbocycles. The SMILES string of the molecule is FC(F)(F)c1ccc(Cc2ccccc2)cc1.O=S(=O)=O. The van der Waals surface area contributed by atoms with Gasteiger partial charge in [0.15, 0.2) is 0 Å². The van der Waals surface area contributed by atoms with Crippen LogP contribution in [-0.2, 0) is 23.2 Å². The van der Waals surface area contributed by atoms with Crippen molar-refractivity contribution in [1.29, 1.82) is 0 Å². The largest absolute Gasteiger partial charge is 0.425 e. The summed E-state index contributed by atoms with van der Waals surface area (Å²) >= 11 is 0. The molecule has 3 nitrogen and oxygen atoms in total. The highest BCUT2D eigenvalue weighted by Gasteiger charge is 2.29. The molecule has 2 aromatic rings. The van der Waals surface area contributed by atoms with E-state index in [9.17, 15) is 13.2 Å². The minimum Gasteiger partial charge on any atom is -0.166 e. The van der Waals surface area contributed by atoms with Gasteiger partial charge >= 0.3 is 16.8 Å². The fraction of sp³-hybridized carbons (Fsp3) is 0.143. The molecule has 0 aromatic heterocycles. The Balaban J connectivity index is 0.000000491. The lowest BCUT2D eigenvalue weighted by molar-refractivity contribution is -0.137. The summed E-state index contributed by atoms with van der Waals surface area (Å²) in [7, 11) is -3.11. The Labute approximate surface area is 121 Å². The maximum Gasteiger partial charge on any atom is 0.425 e. The molecule has 21 heavy (non-hydrogen) atoms. The van der Waals surface area contributed by atoms with Gasteiger partial charge in [0.05, 0.1) is 5.56 Å². The highest BCUT2D eigenvalue weighted by Crippen LogP contribution is 2.29. The third kappa shape index (κ3) is 6.71. The monoisotopic (exact) mass is 316 g/mol. The van der Waals surface area contributed by atoms with Crippen LogP contribution in [0.2, 0.25) is 0 Å². The second kappa shape index (κ2) is 7.58.